The summed E-state index contributed by atoms with van der Waals surface area (Å²) >= 11 is 8.78. The molecular weight excluding hydrogens is 287 g/mol. The first-order valence-corrected chi connectivity index (χ1v) is 9.93. The van der Waals surface area contributed by atoms with E-state index in [-0.39, 0.29) is 0 Å². The molecule has 0 saturated heterocycles. The molecule has 0 spiro atoms. The molecule has 1 rings (SSSR count). The number of hydrogen-bond acceptors (Lipinski definition) is 0. The maximum atomic E-state index is 6.37. The van der Waals surface area contributed by atoms with E-state index in [9.17, 15) is 0 Å². The van der Waals surface area contributed by atoms with Crippen molar-refractivity contribution in [2.24, 2.45) is 0 Å². The largest absolute Gasteiger partial charge is 0.250 e. The van der Waals surface area contributed by atoms with Crippen molar-refractivity contribution in [3.63, 3.8) is 0 Å². The van der Waals surface area contributed by atoms with E-state index in [1.165, 1.54) is 5.19 Å². The van der Waals surface area contributed by atoms with Crippen LogP contribution >= 0.6 is 32.9 Å². The normalized spacial score (nSPS) is 15.9. The molecular formula is C8H10ClISi. The molecule has 0 N–H and O–H groups in total. The summed E-state index contributed by atoms with van der Waals surface area (Å²) in [5.41, 5.74) is 0. The lowest BCUT2D eigenvalue weighted by molar-refractivity contribution is 1.45. The summed E-state index contributed by atoms with van der Waals surface area (Å²) < 4.78 is 0. The van der Waals surface area contributed by atoms with E-state index in [1.54, 1.807) is 0 Å². The van der Waals surface area contributed by atoms with Crippen LogP contribution in [-0.4, -0.2) is 4.88 Å². The topological polar surface area (TPSA) is 0 Å². The van der Waals surface area contributed by atoms with Crippen LogP contribution in [0.25, 0.3) is 0 Å². The van der Waals surface area contributed by atoms with Gasteiger partial charge in [-0.3, -0.25) is 0 Å². The monoisotopic (exact) mass is 296 g/mol. The Morgan fingerprint density at radius 1 is 1.36 bits per heavy atom. The quantitative estimate of drug-likeness (QED) is 0.447. The lowest BCUT2D eigenvalue weighted by Crippen LogP contribution is -2.34. The van der Waals surface area contributed by atoms with Crippen molar-refractivity contribution in [3.05, 3.63) is 30.3 Å². The van der Waals surface area contributed by atoms with Crippen LogP contribution in [0, 0.1) is 0 Å². The maximum absolute atomic E-state index is 6.37. The fraction of sp³-hybridized carbons (Fsp3) is 0.250. The zero-order valence-corrected chi connectivity index (χ0v) is 10.3. The minimum atomic E-state index is -1.61. The Kier molecular flexibility index (Phi) is 3.40. The fourth-order valence-electron chi connectivity index (χ4n) is 0.886. The second-order valence-electron chi connectivity index (χ2n) is 2.42. The zero-order chi connectivity index (χ0) is 8.32. The highest BCUT2D eigenvalue weighted by atomic mass is 127. The summed E-state index contributed by atoms with van der Waals surface area (Å²) in [6.45, 7) is 2.15. The lowest BCUT2D eigenvalue weighted by Gasteiger charge is -2.14. The Morgan fingerprint density at radius 3 is 2.36 bits per heavy atom. The molecule has 1 atom stereocenters. The molecule has 0 fully saturated rings. The summed E-state index contributed by atoms with van der Waals surface area (Å²) in [6, 6.07) is 11.4. The van der Waals surface area contributed by atoms with Crippen molar-refractivity contribution in [2.45, 2.75) is 13.0 Å². The summed E-state index contributed by atoms with van der Waals surface area (Å²) in [6.07, 6.45) is 0. The molecule has 1 aromatic rings. The lowest BCUT2D eigenvalue weighted by atomic mass is 10.4. The van der Waals surface area contributed by atoms with Gasteiger partial charge >= 0.3 is 0 Å². The molecule has 0 aliphatic carbocycles. The Balaban J connectivity index is 2.93. The van der Waals surface area contributed by atoms with Crippen LogP contribution in [0.2, 0.25) is 6.04 Å². The third-order valence-corrected chi connectivity index (χ3v) is 9.32. The molecule has 0 heterocycles. The molecule has 11 heavy (non-hydrogen) atoms. The highest BCUT2D eigenvalue weighted by molar-refractivity contribution is 14.1. The first-order chi connectivity index (χ1) is 5.17. The summed E-state index contributed by atoms with van der Waals surface area (Å²) in [7, 11) is 0. The first-order valence-electron chi connectivity index (χ1n) is 3.60. The van der Waals surface area contributed by atoms with Gasteiger partial charge in [-0.2, -0.15) is 0 Å². The van der Waals surface area contributed by atoms with Gasteiger partial charge in [-0.1, -0.05) is 59.1 Å². The average molecular weight is 297 g/mol. The summed E-state index contributed by atoms with van der Waals surface area (Å²) in [5.74, 6) is 0. The fourth-order valence-corrected chi connectivity index (χ4v) is 3.43. The van der Waals surface area contributed by atoms with Crippen LogP contribution < -0.4 is 5.19 Å². The van der Waals surface area contributed by atoms with Crippen LogP contribution in [0.15, 0.2) is 30.3 Å². The van der Waals surface area contributed by atoms with Gasteiger partial charge in [0, 0.05) is 0 Å². The third-order valence-electron chi connectivity index (χ3n) is 1.64. The number of benzene rings is 1. The van der Waals surface area contributed by atoms with Crippen LogP contribution in [0.1, 0.15) is 6.92 Å². The molecule has 0 amide bonds. The van der Waals surface area contributed by atoms with Gasteiger partial charge in [0.25, 0.3) is 4.88 Å². The second kappa shape index (κ2) is 3.91. The highest BCUT2D eigenvalue weighted by Crippen LogP contribution is 2.22. The Hall–Kier alpha value is 0.457. The van der Waals surface area contributed by atoms with Gasteiger partial charge in [-0.05, 0) is 11.2 Å². The smallest absolute Gasteiger partial charge is 0.147 e. The van der Waals surface area contributed by atoms with Crippen molar-refractivity contribution < 1.29 is 0 Å². The van der Waals surface area contributed by atoms with E-state index in [0.29, 0.717) is 0 Å². The van der Waals surface area contributed by atoms with Crippen molar-refractivity contribution in [1.29, 1.82) is 0 Å². The molecule has 0 saturated carbocycles. The van der Waals surface area contributed by atoms with Crippen LogP contribution in [0.3, 0.4) is 0 Å². The molecule has 1 aromatic carbocycles. The molecule has 0 bridgehead atoms. The van der Waals surface area contributed by atoms with Gasteiger partial charge in [-0.25, -0.2) is 0 Å². The van der Waals surface area contributed by atoms with E-state index >= 15 is 0 Å². The second-order valence-corrected chi connectivity index (χ2v) is 14.5. The van der Waals surface area contributed by atoms with E-state index in [4.69, 9.17) is 11.1 Å². The number of rotatable bonds is 2. The third kappa shape index (κ3) is 2.45. The molecule has 0 aliphatic rings. The van der Waals surface area contributed by atoms with Crippen molar-refractivity contribution in [1.82, 2.24) is 0 Å². The molecule has 0 aliphatic heterocycles. The van der Waals surface area contributed by atoms with Crippen LogP contribution in [0.4, 0.5) is 0 Å². The molecule has 0 nitrogen and oxygen atoms in total. The van der Waals surface area contributed by atoms with Crippen molar-refractivity contribution in [2.75, 3.05) is 0 Å². The highest BCUT2D eigenvalue weighted by Gasteiger charge is 2.26. The van der Waals surface area contributed by atoms with Gasteiger partial charge in [0.1, 0.15) is 0 Å². The van der Waals surface area contributed by atoms with E-state index < -0.39 is 4.88 Å². The minimum absolute atomic E-state index is 1.08. The first kappa shape index (κ1) is 9.54. The van der Waals surface area contributed by atoms with Crippen LogP contribution in [0.5, 0.6) is 0 Å². The van der Waals surface area contributed by atoms with Gasteiger partial charge in [0.2, 0.25) is 0 Å². The predicted molar refractivity (Wildman–Crippen MR) is 62.2 cm³/mol. The van der Waals surface area contributed by atoms with Gasteiger partial charge in [0.05, 0.1) is 0 Å². The Labute approximate surface area is 85.9 Å². The van der Waals surface area contributed by atoms with Crippen molar-refractivity contribution >= 4 is 42.9 Å². The standard InChI is InChI=1S/C8H10ClISi/c1-2-11(9,10)8-6-4-3-5-7-8/h3-7H,2H2,1H3. The summed E-state index contributed by atoms with van der Waals surface area (Å²) in [4.78, 5) is -1.61. The SMILES string of the molecule is CC[Si](Cl)(I)c1ccccc1. The Bertz CT molecular complexity index is 223. The van der Waals surface area contributed by atoms with E-state index in [0.717, 1.165) is 6.04 Å². The van der Waals surface area contributed by atoms with Gasteiger partial charge < -0.3 is 0 Å². The predicted octanol–water partition coefficient (Wildman–Crippen LogP) is 3.03. The van der Waals surface area contributed by atoms with E-state index in [1.807, 2.05) is 18.2 Å². The molecule has 0 radical (unpaired) electrons. The molecule has 3 heteroatoms. The average Bonchev–Trinajstić information content (AvgIpc) is 2.06. The molecule has 1 unspecified atom stereocenters. The number of hydrogen-bond donors (Lipinski definition) is 0. The van der Waals surface area contributed by atoms with Gasteiger partial charge in [0.15, 0.2) is 0 Å². The minimum Gasteiger partial charge on any atom is -0.147 e. The Morgan fingerprint density at radius 2 is 1.91 bits per heavy atom. The van der Waals surface area contributed by atoms with E-state index in [2.05, 4.69) is 40.9 Å². The summed E-state index contributed by atoms with van der Waals surface area (Å²) in [5, 5.41) is 1.32. The van der Waals surface area contributed by atoms with Crippen LogP contribution in [-0.2, 0) is 0 Å². The molecule has 0 aromatic heterocycles. The van der Waals surface area contributed by atoms with Gasteiger partial charge in [-0.15, -0.1) is 11.1 Å². The maximum Gasteiger partial charge on any atom is 0.250 e. The number of halogens is 2. The van der Waals surface area contributed by atoms with Crippen molar-refractivity contribution in [3.8, 4) is 0 Å². The zero-order valence-electron chi connectivity index (χ0n) is 6.35. The molecule has 60 valence electrons.